The fourth-order valence-electron chi connectivity index (χ4n) is 1.71. The number of nitrogens with one attached hydrogen (secondary N) is 1. The fraction of sp³-hybridized carbons (Fsp3) is 0.154. The molecule has 2 rings (SSSR count). The van der Waals surface area contributed by atoms with Gasteiger partial charge in [-0.15, -0.1) is 11.3 Å². The van der Waals surface area contributed by atoms with Gasteiger partial charge in [-0.1, -0.05) is 23.2 Å². The molecule has 8 heteroatoms. The second-order valence-electron chi connectivity index (χ2n) is 4.26. The van der Waals surface area contributed by atoms with Crippen molar-refractivity contribution in [2.45, 2.75) is 13.0 Å². The van der Waals surface area contributed by atoms with E-state index in [1.54, 1.807) is 13.0 Å². The topological polar surface area (TPSA) is 72.2 Å². The fourth-order valence-corrected chi connectivity index (χ4v) is 2.97. The average molecular weight is 345 g/mol. The van der Waals surface area contributed by atoms with Crippen LogP contribution in [-0.2, 0) is 0 Å². The van der Waals surface area contributed by atoms with Crippen molar-refractivity contribution < 1.29 is 9.72 Å². The summed E-state index contributed by atoms with van der Waals surface area (Å²) in [6, 6.07) is 7.02. The zero-order chi connectivity index (χ0) is 15.6. The highest BCUT2D eigenvalue weighted by Crippen LogP contribution is 2.28. The molecule has 0 spiro atoms. The standard InChI is InChI=1S/C13H10Cl2N2O3S/c1-7(11-4-5-12(15)21-11)16-13(18)9-6-8(17(19)20)2-3-10(9)14/h2-7H,1H3,(H,16,18). The largest absolute Gasteiger partial charge is 0.345 e. The summed E-state index contributed by atoms with van der Waals surface area (Å²) in [6.45, 7) is 1.80. The Balaban J connectivity index is 2.20. The van der Waals surface area contributed by atoms with E-state index in [0.29, 0.717) is 4.34 Å². The van der Waals surface area contributed by atoms with E-state index in [1.165, 1.54) is 23.5 Å². The van der Waals surface area contributed by atoms with Crippen LogP contribution in [0.2, 0.25) is 9.36 Å². The summed E-state index contributed by atoms with van der Waals surface area (Å²) in [5.41, 5.74) is -0.114. The van der Waals surface area contributed by atoms with E-state index >= 15 is 0 Å². The Labute approximate surface area is 134 Å². The first kappa shape index (κ1) is 15.8. The number of non-ortho nitro benzene ring substituents is 1. The van der Waals surface area contributed by atoms with Crippen molar-refractivity contribution in [1.29, 1.82) is 0 Å². The molecule has 1 amide bonds. The molecule has 1 heterocycles. The maximum atomic E-state index is 12.2. The molecular formula is C13H10Cl2N2O3S. The number of benzene rings is 1. The second-order valence-corrected chi connectivity index (χ2v) is 6.41. The van der Waals surface area contributed by atoms with Gasteiger partial charge in [0.1, 0.15) is 0 Å². The highest BCUT2D eigenvalue weighted by molar-refractivity contribution is 7.16. The quantitative estimate of drug-likeness (QED) is 0.657. The maximum Gasteiger partial charge on any atom is 0.270 e. The van der Waals surface area contributed by atoms with Crippen LogP contribution in [0.5, 0.6) is 0 Å². The molecule has 0 saturated heterocycles. The van der Waals surface area contributed by atoms with Crippen molar-refractivity contribution >= 4 is 46.1 Å². The van der Waals surface area contributed by atoms with Crippen molar-refractivity contribution in [3.05, 3.63) is 60.2 Å². The number of hydrogen-bond donors (Lipinski definition) is 1. The average Bonchev–Trinajstić information content (AvgIpc) is 2.85. The minimum absolute atomic E-state index is 0.0698. The predicted molar refractivity (Wildman–Crippen MR) is 83.3 cm³/mol. The van der Waals surface area contributed by atoms with Crippen LogP contribution in [0.15, 0.2) is 30.3 Å². The van der Waals surface area contributed by atoms with Gasteiger partial charge in [0.15, 0.2) is 0 Å². The molecule has 0 aliphatic rings. The van der Waals surface area contributed by atoms with Gasteiger partial charge in [-0.25, -0.2) is 0 Å². The molecule has 0 radical (unpaired) electrons. The molecule has 0 aliphatic heterocycles. The van der Waals surface area contributed by atoms with E-state index in [2.05, 4.69) is 5.32 Å². The third-order valence-electron chi connectivity index (χ3n) is 2.77. The van der Waals surface area contributed by atoms with Crippen molar-refractivity contribution in [3.63, 3.8) is 0 Å². The lowest BCUT2D eigenvalue weighted by molar-refractivity contribution is -0.384. The van der Waals surface area contributed by atoms with Gasteiger partial charge in [0, 0.05) is 17.0 Å². The van der Waals surface area contributed by atoms with Crippen molar-refractivity contribution in [2.75, 3.05) is 0 Å². The van der Waals surface area contributed by atoms with Gasteiger partial charge in [0.2, 0.25) is 0 Å². The van der Waals surface area contributed by atoms with Gasteiger partial charge in [-0.3, -0.25) is 14.9 Å². The van der Waals surface area contributed by atoms with E-state index in [-0.39, 0.29) is 22.3 Å². The van der Waals surface area contributed by atoms with Crippen LogP contribution in [0, 0.1) is 10.1 Å². The zero-order valence-electron chi connectivity index (χ0n) is 10.8. The summed E-state index contributed by atoms with van der Waals surface area (Å²) < 4.78 is 0.625. The zero-order valence-corrected chi connectivity index (χ0v) is 13.1. The van der Waals surface area contributed by atoms with Gasteiger partial charge in [-0.05, 0) is 25.1 Å². The first-order chi connectivity index (χ1) is 9.88. The molecule has 21 heavy (non-hydrogen) atoms. The highest BCUT2D eigenvalue weighted by atomic mass is 35.5. The number of nitrogens with zero attached hydrogens (tertiary/aromatic N) is 1. The number of nitro groups is 1. The number of rotatable bonds is 4. The summed E-state index contributed by atoms with van der Waals surface area (Å²) in [5, 5.41) is 13.7. The third-order valence-corrected chi connectivity index (χ3v) is 4.52. The minimum atomic E-state index is -0.574. The first-order valence-corrected chi connectivity index (χ1v) is 7.45. The van der Waals surface area contributed by atoms with Crippen LogP contribution in [0.3, 0.4) is 0 Å². The Hall–Kier alpha value is -1.63. The highest BCUT2D eigenvalue weighted by Gasteiger charge is 2.18. The lowest BCUT2D eigenvalue weighted by Crippen LogP contribution is -2.26. The number of amides is 1. The molecule has 2 aromatic rings. The van der Waals surface area contributed by atoms with Gasteiger partial charge < -0.3 is 5.32 Å². The molecule has 1 unspecified atom stereocenters. The van der Waals surface area contributed by atoms with Gasteiger partial charge in [0.25, 0.3) is 11.6 Å². The van der Waals surface area contributed by atoms with Crippen LogP contribution in [-0.4, -0.2) is 10.8 Å². The summed E-state index contributed by atoms with van der Waals surface area (Å²) in [6.07, 6.45) is 0. The van der Waals surface area contributed by atoms with Gasteiger partial charge in [-0.2, -0.15) is 0 Å². The summed E-state index contributed by atoms with van der Waals surface area (Å²) in [7, 11) is 0. The Morgan fingerprint density at radius 1 is 1.33 bits per heavy atom. The Morgan fingerprint density at radius 3 is 2.62 bits per heavy atom. The predicted octanol–water partition coefficient (Wildman–Crippen LogP) is 4.45. The van der Waals surface area contributed by atoms with Gasteiger partial charge >= 0.3 is 0 Å². The molecule has 0 saturated carbocycles. The molecule has 0 bridgehead atoms. The number of hydrogen-bond acceptors (Lipinski definition) is 4. The van der Waals surface area contributed by atoms with E-state index in [4.69, 9.17) is 23.2 Å². The number of thiophene rings is 1. The number of halogens is 2. The monoisotopic (exact) mass is 344 g/mol. The normalized spacial score (nSPS) is 12.0. The summed E-state index contributed by atoms with van der Waals surface area (Å²) >= 11 is 13.1. The molecule has 1 atom stereocenters. The Morgan fingerprint density at radius 2 is 2.05 bits per heavy atom. The third kappa shape index (κ3) is 3.72. The summed E-state index contributed by atoms with van der Waals surface area (Å²) in [5.74, 6) is -0.472. The molecule has 0 aliphatic carbocycles. The molecule has 0 fully saturated rings. The minimum Gasteiger partial charge on any atom is -0.345 e. The molecule has 1 aromatic heterocycles. The van der Waals surface area contributed by atoms with Crippen molar-refractivity contribution in [3.8, 4) is 0 Å². The van der Waals surface area contributed by atoms with Crippen LogP contribution < -0.4 is 5.32 Å². The molecule has 1 aromatic carbocycles. The Kier molecular flexibility index (Phi) is 4.82. The molecular weight excluding hydrogens is 335 g/mol. The van der Waals surface area contributed by atoms with E-state index in [9.17, 15) is 14.9 Å². The SMILES string of the molecule is CC(NC(=O)c1cc([N+](=O)[O-])ccc1Cl)c1ccc(Cl)s1. The summed E-state index contributed by atoms with van der Waals surface area (Å²) in [4.78, 5) is 23.2. The Bertz CT molecular complexity index is 702. The van der Waals surface area contributed by atoms with Gasteiger partial charge in [0.05, 0.1) is 25.9 Å². The smallest absolute Gasteiger partial charge is 0.270 e. The van der Waals surface area contributed by atoms with E-state index < -0.39 is 10.8 Å². The van der Waals surface area contributed by atoms with Crippen LogP contribution in [0.25, 0.3) is 0 Å². The second kappa shape index (κ2) is 6.43. The molecule has 110 valence electrons. The van der Waals surface area contributed by atoms with E-state index in [1.807, 2.05) is 6.07 Å². The molecule has 1 N–H and O–H groups in total. The lowest BCUT2D eigenvalue weighted by Gasteiger charge is -2.12. The van der Waals surface area contributed by atoms with Crippen molar-refractivity contribution in [2.24, 2.45) is 0 Å². The van der Waals surface area contributed by atoms with Crippen LogP contribution in [0.1, 0.15) is 28.2 Å². The van der Waals surface area contributed by atoms with E-state index in [0.717, 1.165) is 10.9 Å². The molecule has 5 nitrogen and oxygen atoms in total. The number of nitro benzene ring substituents is 1. The van der Waals surface area contributed by atoms with Crippen molar-refractivity contribution in [1.82, 2.24) is 5.32 Å². The lowest BCUT2D eigenvalue weighted by atomic mass is 10.1. The van der Waals surface area contributed by atoms with Crippen LogP contribution in [0.4, 0.5) is 5.69 Å². The number of carbonyl (C=O) groups is 1. The number of carbonyl (C=O) groups excluding carboxylic acids is 1. The van der Waals surface area contributed by atoms with Crippen LogP contribution >= 0.6 is 34.5 Å². The first-order valence-electron chi connectivity index (χ1n) is 5.88. The maximum absolute atomic E-state index is 12.2.